The van der Waals surface area contributed by atoms with Crippen molar-refractivity contribution in [2.45, 2.75) is 32.0 Å². The Balaban J connectivity index is 1.26. The summed E-state index contributed by atoms with van der Waals surface area (Å²) in [5.41, 5.74) is 1.97. The monoisotopic (exact) mass is 421 g/mol. The summed E-state index contributed by atoms with van der Waals surface area (Å²) < 4.78 is 6.11. The molecule has 0 aromatic heterocycles. The van der Waals surface area contributed by atoms with E-state index in [4.69, 9.17) is 4.74 Å². The molecule has 6 heteroatoms. The van der Waals surface area contributed by atoms with Crippen LogP contribution in [-0.4, -0.2) is 60.4 Å². The van der Waals surface area contributed by atoms with Gasteiger partial charge < -0.3 is 15.0 Å². The number of nitrogens with one attached hydrogen (secondary N) is 1. The van der Waals surface area contributed by atoms with Gasteiger partial charge in [0.2, 0.25) is 11.8 Å². The minimum absolute atomic E-state index is 0.00910. The zero-order chi connectivity index (χ0) is 21.6. The fraction of sp³-hybridized carbons (Fsp3) is 0.440. The number of benzene rings is 2. The number of morpholine rings is 1. The maximum Gasteiger partial charge on any atom is 0.236 e. The summed E-state index contributed by atoms with van der Waals surface area (Å²) in [6, 6.07) is 19.7. The van der Waals surface area contributed by atoms with Gasteiger partial charge in [0, 0.05) is 37.8 Å². The van der Waals surface area contributed by atoms with Crippen molar-refractivity contribution < 1.29 is 14.3 Å². The lowest BCUT2D eigenvalue weighted by Crippen LogP contribution is -2.50. The highest BCUT2D eigenvalue weighted by molar-refractivity contribution is 5.92. The van der Waals surface area contributed by atoms with Crippen LogP contribution in [0.15, 0.2) is 60.7 Å². The third-order valence-corrected chi connectivity index (χ3v) is 6.13. The highest BCUT2D eigenvalue weighted by Crippen LogP contribution is 2.25. The van der Waals surface area contributed by atoms with E-state index in [-0.39, 0.29) is 29.9 Å². The molecule has 2 saturated heterocycles. The average Bonchev–Trinajstić information content (AvgIpc) is 2.80. The first kappa shape index (κ1) is 21.5. The van der Waals surface area contributed by atoms with Crippen molar-refractivity contribution in [3.05, 3.63) is 66.2 Å². The number of nitrogens with zero attached hydrogens (tertiary/aromatic N) is 2. The van der Waals surface area contributed by atoms with E-state index in [1.165, 1.54) is 0 Å². The lowest BCUT2D eigenvalue weighted by atomic mass is 9.95. The number of ether oxygens (including phenoxy) is 1. The third-order valence-electron chi connectivity index (χ3n) is 6.13. The summed E-state index contributed by atoms with van der Waals surface area (Å²) in [4.78, 5) is 29.6. The Bertz CT molecular complexity index is 866. The Labute approximate surface area is 184 Å². The van der Waals surface area contributed by atoms with Gasteiger partial charge in [0.05, 0.1) is 18.8 Å². The van der Waals surface area contributed by atoms with E-state index < -0.39 is 0 Å². The Hall–Kier alpha value is -2.70. The molecule has 2 aliphatic rings. The topological polar surface area (TPSA) is 61.9 Å². The number of rotatable bonds is 5. The van der Waals surface area contributed by atoms with E-state index in [0.29, 0.717) is 32.5 Å². The molecular formula is C25H31N3O3. The largest absolute Gasteiger partial charge is 0.368 e. The van der Waals surface area contributed by atoms with Crippen LogP contribution in [0.2, 0.25) is 0 Å². The molecule has 4 rings (SSSR count). The Morgan fingerprint density at radius 1 is 0.968 bits per heavy atom. The Morgan fingerprint density at radius 2 is 1.61 bits per heavy atom. The summed E-state index contributed by atoms with van der Waals surface area (Å²) in [6.45, 7) is 5.20. The van der Waals surface area contributed by atoms with E-state index >= 15 is 0 Å². The van der Waals surface area contributed by atoms with Gasteiger partial charge in [-0.1, -0.05) is 48.5 Å². The van der Waals surface area contributed by atoms with Crippen molar-refractivity contribution in [1.29, 1.82) is 0 Å². The summed E-state index contributed by atoms with van der Waals surface area (Å²) in [7, 11) is 0. The predicted molar refractivity (Wildman–Crippen MR) is 121 cm³/mol. The number of carbonyl (C=O) groups excluding carboxylic acids is 2. The van der Waals surface area contributed by atoms with Crippen molar-refractivity contribution in [1.82, 2.24) is 9.80 Å². The maximum absolute atomic E-state index is 12.9. The van der Waals surface area contributed by atoms with E-state index in [1.807, 2.05) is 53.4 Å². The average molecular weight is 422 g/mol. The summed E-state index contributed by atoms with van der Waals surface area (Å²) in [5.74, 6) is 0.143. The zero-order valence-electron chi connectivity index (χ0n) is 18.1. The highest BCUT2D eigenvalue weighted by atomic mass is 16.5. The second kappa shape index (κ2) is 10.1. The normalized spacial score (nSPS) is 22.8. The van der Waals surface area contributed by atoms with Gasteiger partial charge in [-0.15, -0.1) is 0 Å². The highest BCUT2D eigenvalue weighted by Gasteiger charge is 2.31. The van der Waals surface area contributed by atoms with Crippen LogP contribution >= 0.6 is 0 Å². The lowest BCUT2D eigenvalue weighted by molar-refractivity contribution is -0.139. The quantitative estimate of drug-likeness (QED) is 0.805. The van der Waals surface area contributed by atoms with Gasteiger partial charge in [-0.3, -0.25) is 14.5 Å². The van der Waals surface area contributed by atoms with Crippen molar-refractivity contribution in [3.63, 3.8) is 0 Å². The van der Waals surface area contributed by atoms with Gasteiger partial charge in [-0.05, 0) is 37.5 Å². The fourth-order valence-corrected chi connectivity index (χ4v) is 4.47. The molecule has 31 heavy (non-hydrogen) atoms. The van der Waals surface area contributed by atoms with E-state index in [0.717, 1.165) is 24.3 Å². The van der Waals surface area contributed by atoms with Crippen LogP contribution in [0.5, 0.6) is 0 Å². The van der Waals surface area contributed by atoms with Crippen LogP contribution in [0.3, 0.4) is 0 Å². The maximum atomic E-state index is 12.9. The van der Waals surface area contributed by atoms with Gasteiger partial charge in [0.15, 0.2) is 0 Å². The Kier molecular flexibility index (Phi) is 6.99. The molecule has 2 fully saturated rings. The number of piperidine rings is 1. The first-order valence-electron chi connectivity index (χ1n) is 11.1. The van der Waals surface area contributed by atoms with Gasteiger partial charge in [-0.2, -0.15) is 0 Å². The summed E-state index contributed by atoms with van der Waals surface area (Å²) in [6.07, 6.45) is 1.48. The molecule has 1 N–H and O–H groups in total. The fourth-order valence-electron chi connectivity index (χ4n) is 4.47. The number of carbonyl (C=O) groups is 2. The minimum atomic E-state index is -0.0462. The first-order chi connectivity index (χ1) is 15.1. The van der Waals surface area contributed by atoms with Gasteiger partial charge in [0.25, 0.3) is 0 Å². The van der Waals surface area contributed by atoms with Crippen molar-refractivity contribution in [3.8, 4) is 0 Å². The van der Waals surface area contributed by atoms with Crippen LogP contribution in [0.25, 0.3) is 0 Å². The molecule has 0 spiro atoms. The number of hydrogen-bond acceptors (Lipinski definition) is 4. The van der Waals surface area contributed by atoms with Crippen LogP contribution in [0, 0.1) is 5.92 Å². The predicted octanol–water partition coefficient (Wildman–Crippen LogP) is 3.33. The zero-order valence-corrected chi connectivity index (χ0v) is 18.1. The van der Waals surface area contributed by atoms with E-state index in [9.17, 15) is 9.59 Å². The summed E-state index contributed by atoms with van der Waals surface area (Å²) in [5, 5.41) is 2.98. The van der Waals surface area contributed by atoms with Gasteiger partial charge >= 0.3 is 0 Å². The molecule has 2 aromatic carbocycles. The molecule has 2 atom stereocenters. The minimum Gasteiger partial charge on any atom is -0.368 e. The molecule has 0 bridgehead atoms. The van der Waals surface area contributed by atoms with Crippen LogP contribution in [0.4, 0.5) is 5.69 Å². The molecule has 0 aliphatic carbocycles. The molecular weight excluding hydrogens is 390 g/mol. The smallest absolute Gasteiger partial charge is 0.236 e. The molecule has 2 aliphatic heterocycles. The number of amides is 2. The van der Waals surface area contributed by atoms with Crippen molar-refractivity contribution >= 4 is 17.5 Å². The molecule has 2 aromatic rings. The van der Waals surface area contributed by atoms with Crippen molar-refractivity contribution in [2.24, 2.45) is 5.92 Å². The molecule has 0 radical (unpaired) electrons. The van der Waals surface area contributed by atoms with E-state index in [1.54, 1.807) is 0 Å². The molecule has 2 unspecified atom stereocenters. The van der Waals surface area contributed by atoms with Crippen LogP contribution in [-0.2, 0) is 14.3 Å². The summed E-state index contributed by atoms with van der Waals surface area (Å²) >= 11 is 0. The molecule has 6 nitrogen and oxygen atoms in total. The van der Waals surface area contributed by atoms with Crippen LogP contribution < -0.4 is 5.32 Å². The second-order valence-corrected chi connectivity index (χ2v) is 8.55. The van der Waals surface area contributed by atoms with Gasteiger partial charge in [-0.25, -0.2) is 0 Å². The number of anilines is 1. The number of para-hydroxylation sites is 1. The van der Waals surface area contributed by atoms with Crippen LogP contribution in [0.1, 0.15) is 31.4 Å². The number of hydrogen-bond donors (Lipinski definition) is 1. The number of likely N-dealkylation sites (tertiary alicyclic amines) is 1. The molecule has 164 valence electrons. The van der Waals surface area contributed by atoms with E-state index in [2.05, 4.69) is 29.3 Å². The molecule has 0 saturated carbocycles. The lowest BCUT2D eigenvalue weighted by Gasteiger charge is -2.38. The first-order valence-corrected chi connectivity index (χ1v) is 11.1. The Morgan fingerprint density at radius 3 is 2.29 bits per heavy atom. The van der Waals surface area contributed by atoms with Gasteiger partial charge in [0.1, 0.15) is 0 Å². The molecule has 2 heterocycles. The molecule has 2 amide bonds. The second-order valence-electron chi connectivity index (χ2n) is 8.55. The third kappa shape index (κ3) is 5.71. The van der Waals surface area contributed by atoms with Crippen molar-refractivity contribution in [2.75, 3.05) is 38.0 Å². The SMILES string of the molecule is CC1CN(CC(=O)N2CCC(C(=O)Nc3ccccc3)CC2)CC(c2ccccc2)O1. The standard InChI is InChI=1S/C25H31N3O3/c1-19-16-27(17-23(31-19)20-8-4-2-5-9-20)18-24(29)28-14-12-21(13-15-28)25(30)26-22-10-6-3-7-11-22/h2-11,19,21,23H,12-18H2,1H3,(H,26,30).